The quantitative estimate of drug-likeness (QED) is 0.801. The van der Waals surface area contributed by atoms with Gasteiger partial charge >= 0.3 is 0 Å². The number of nitrogens with one attached hydrogen (secondary N) is 1. The van der Waals surface area contributed by atoms with Gasteiger partial charge < -0.3 is 5.32 Å². The SMILES string of the molecule is Cc1cnc(CC(C)Nc2cc(C)nn3cnnc23)c(C)c1. The van der Waals surface area contributed by atoms with E-state index in [1.165, 1.54) is 11.1 Å². The number of anilines is 1. The van der Waals surface area contributed by atoms with Crippen molar-refractivity contribution in [1.82, 2.24) is 24.8 Å². The number of nitrogens with zero attached hydrogens (tertiary/aromatic N) is 5. The van der Waals surface area contributed by atoms with Gasteiger partial charge in [0.15, 0.2) is 0 Å². The van der Waals surface area contributed by atoms with Crippen LogP contribution >= 0.6 is 0 Å². The van der Waals surface area contributed by atoms with Crippen molar-refractivity contribution in [2.45, 2.75) is 40.2 Å². The van der Waals surface area contributed by atoms with E-state index in [4.69, 9.17) is 0 Å². The Morgan fingerprint density at radius 1 is 1.23 bits per heavy atom. The third-order valence-corrected chi connectivity index (χ3v) is 3.61. The minimum atomic E-state index is 0.233. The predicted octanol–water partition coefficient (Wildman–Crippen LogP) is 2.49. The molecule has 3 rings (SSSR count). The van der Waals surface area contributed by atoms with Gasteiger partial charge in [0.2, 0.25) is 5.65 Å². The third kappa shape index (κ3) is 2.90. The topological polar surface area (TPSA) is 68.0 Å². The van der Waals surface area contributed by atoms with Crippen molar-refractivity contribution in [3.05, 3.63) is 47.2 Å². The van der Waals surface area contributed by atoms with Gasteiger partial charge in [0, 0.05) is 24.4 Å². The lowest BCUT2D eigenvalue weighted by Crippen LogP contribution is -2.20. The van der Waals surface area contributed by atoms with E-state index in [0.717, 1.165) is 29.1 Å². The van der Waals surface area contributed by atoms with Crippen molar-refractivity contribution in [2.24, 2.45) is 0 Å². The summed E-state index contributed by atoms with van der Waals surface area (Å²) >= 11 is 0. The lowest BCUT2D eigenvalue weighted by atomic mass is 10.1. The maximum atomic E-state index is 4.54. The summed E-state index contributed by atoms with van der Waals surface area (Å²) in [5.74, 6) is 0. The van der Waals surface area contributed by atoms with E-state index < -0.39 is 0 Å². The molecule has 1 atom stereocenters. The van der Waals surface area contributed by atoms with Crippen molar-refractivity contribution < 1.29 is 0 Å². The van der Waals surface area contributed by atoms with Gasteiger partial charge in [-0.3, -0.25) is 4.98 Å². The molecule has 0 aliphatic carbocycles. The summed E-state index contributed by atoms with van der Waals surface area (Å²) in [5, 5.41) is 15.9. The number of hydrogen-bond donors (Lipinski definition) is 1. The molecule has 0 aromatic carbocycles. The second-order valence-electron chi connectivity index (χ2n) is 5.82. The highest BCUT2D eigenvalue weighted by Gasteiger charge is 2.11. The first-order chi connectivity index (χ1) is 10.5. The smallest absolute Gasteiger partial charge is 0.200 e. The molecule has 0 fully saturated rings. The molecule has 0 spiro atoms. The molecule has 3 heterocycles. The van der Waals surface area contributed by atoms with Gasteiger partial charge in [0.05, 0.1) is 11.4 Å². The summed E-state index contributed by atoms with van der Waals surface area (Å²) in [6.45, 7) is 8.27. The second-order valence-corrected chi connectivity index (χ2v) is 5.82. The first-order valence-electron chi connectivity index (χ1n) is 7.39. The van der Waals surface area contributed by atoms with Crippen LogP contribution in [0, 0.1) is 20.8 Å². The molecule has 0 aliphatic heterocycles. The van der Waals surface area contributed by atoms with E-state index in [9.17, 15) is 0 Å². The molecule has 0 saturated heterocycles. The fourth-order valence-corrected chi connectivity index (χ4v) is 2.62. The van der Waals surface area contributed by atoms with Crippen LogP contribution in [0.1, 0.15) is 29.4 Å². The maximum Gasteiger partial charge on any atom is 0.200 e. The molecule has 3 aromatic rings. The molecule has 0 amide bonds. The molecule has 0 saturated carbocycles. The van der Waals surface area contributed by atoms with Crippen LogP contribution in [0.25, 0.3) is 5.65 Å². The Labute approximate surface area is 129 Å². The van der Waals surface area contributed by atoms with Gasteiger partial charge in [-0.05, 0) is 44.9 Å². The van der Waals surface area contributed by atoms with Crippen LogP contribution in [-0.2, 0) is 6.42 Å². The van der Waals surface area contributed by atoms with Crippen molar-refractivity contribution in [3.63, 3.8) is 0 Å². The molecule has 6 heteroatoms. The molecule has 1 N–H and O–H groups in total. The van der Waals surface area contributed by atoms with Gasteiger partial charge in [-0.15, -0.1) is 10.2 Å². The molecule has 22 heavy (non-hydrogen) atoms. The lowest BCUT2D eigenvalue weighted by Gasteiger charge is -2.16. The van der Waals surface area contributed by atoms with E-state index in [-0.39, 0.29) is 6.04 Å². The Bertz CT molecular complexity index is 808. The van der Waals surface area contributed by atoms with Crippen molar-refractivity contribution >= 4 is 11.3 Å². The summed E-state index contributed by atoms with van der Waals surface area (Å²) in [6.07, 6.45) is 4.39. The average molecular weight is 296 g/mol. The van der Waals surface area contributed by atoms with Crippen LogP contribution < -0.4 is 5.32 Å². The highest BCUT2D eigenvalue weighted by molar-refractivity contribution is 5.66. The summed E-state index contributed by atoms with van der Waals surface area (Å²) in [5.41, 5.74) is 6.15. The van der Waals surface area contributed by atoms with Crippen molar-refractivity contribution in [2.75, 3.05) is 5.32 Å². The molecule has 0 aliphatic rings. The maximum absolute atomic E-state index is 4.54. The van der Waals surface area contributed by atoms with E-state index in [1.54, 1.807) is 10.8 Å². The van der Waals surface area contributed by atoms with Crippen LogP contribution in [0.3, 0.4) is 0 Å². The van der Waals surface area contributed by atoms with E-state index in [2.05, 4.69) is 52.4 Å². The molecular weight excluding hydrogens is 276 g/mol. The minimum absolute atomic E-state index is 0.233. The Kier molecular flexibility index (Phi) is 3.75. The van der Waals surface area contributed by atoms with Gasteiger partial charge in [0.1, 0.15) is 6.33 Å². The van der Waals surface area contributed by atoms with Crippen LogP contribution in [0.5, 0.6) is 0 Å². The Morgan fingerprint density at radius 3 is 2.82 bits per heavy atom. The fraction of sp³-hybridized carbons (Fsp3) is 0.375. The molecule has 114 valence electrons. The van der Waals surface area contributed by atoms with Gasteiger partial charge in [-0.2, -0.15) is 9.61 Å². The zero-order valence-corrected chi connectivity index (χ0v) is 13.3. The minimum Gasteiger partial charge on any atom is -0.379 e. The number of fused-ring (bicyclic) bond motifs is 1. The molecule has 3 aromatic heterocycles. The average Bonchev–Trinajstić information content (AvgIpc) is 2.90. The number of hydrogen-bond acceptors (Lipinski definition) is 5. The summed E-state index contributed by atoms with van der Waals surface area (Å²) < 4.78 is 1.69. The standard InChI is InChI=1S/C16H20N6/c1-10-5-11(2)14(17-8-10)6-12(3)19-15-7-13(4)21-22-9-18-20-16(15)22/h5,7-9,12,19H,6H2,1-4H3. The molecule has 0 radical (unpaired) electrons. The number of aryl methyl sites for hydroxylation is 3. The summed E-state index contributed by atoms with van der Waals surface area (Å²) in [4.78, 5) is 4.54. The first kappa shape index (κ1) is 14.4. The lowest BCUT2D eigenvalue weighted by molar-refractivity contribution is 0.761. The van der Waals surface area contributed by atoms with E-state index >= 15 is 0 Å². The summed E-state index contributed by atoms with van der Waals surface area (Å²) in [7, 11) is 0. The number of aromatic nitrogens is 5. The highest BCUT2D eigenvalue weighted by Crippen LogP contribution is 2.17. The predicted molar refractivity (Wildman–Crippen MR) is 86.0 cm³/mol. The zero-order valence-electron chi connectivity index (χ0n) is 13.3. The van der Waals surface area contributed by atoms with Crippen LogP contribution in [0.2, 0.25) is 0 Å². The van der Waals surface area contributed by atoms with Gasteiger partial charge in [-0.1, -0.05) is 6.07 Å². The monoisotopic (exact) mass is 296 g/mol. The number of pyridine rings is 1. The van der Waals surface area contributed by atoms with Crippen LogP contribution in [0.15, 0.2) is 24.7 Å². The van der Waals surface area contributed by atoms with E-state index in [1.807, 2.05) is 19.2 Å². The first-order valence-corrected chi connectivity index (χ1v) is 7.39. The van der Waals surface area contributed by atoms with Crippen molar-refractivity contribution in [3.8, 4) is 0 Å². The normalized spacial score (nSPS) is 12.5. The molecule has 1 unspecified atom stereocenters. The largest absolute Gasteiger partial charge is 0.379 e. The Morgan fingerprint density at radius 2 is 2.05 bits per heavy atom. The van der Waals surface area contributed by atoms with Gasteiger partial charge in [-0.25, -0.2) is 0 Å². The highest BCUT2D eigenvalue weighted by atomic mass is 15.3. The fourth-order valence-electron chi connectivity index (χ4n) is 2.62. The van der Waals surface area contributed by atoms with E-state index in [0.29, 0.717) is 0 Å². The summed E-state index contributed by atoms with van der Waals surface area (Å²) in [6, 6.07) is 4.40. The second kappa shape index (κ2) is 5.71. The third-order valence-electron chi connectivity index (χ3n) is 3.61. The Balaban J connectivity index is 1.81. The molecule has 6 nitrogen and oxygen atoms in total. The van der Waals surface area contributed by atoms with Crippen LogP contribution in [-0.4, -0.2) is 30.8 Å². The zero-order chi connectivity index (χ0) is 15.7. The number of rotatable bonds is 4. The van der Waals surface area contributed by atoms with Crippen molar-refractivity contribution in [1.29, 1.82) is 0 Å². The molecular formula is C16H20N6. The van der Waals surface area contributed by atoms with Gasteiger partial charge in [0.25, 0.3) is 0 Å². The van der Waals surface area contributed by atoms with Crippen LogP contribution in [0.4, 0.5) is 5.69 Å². The molecule has 0 bridgehead atoms. The Hall–Kier alpha value is -2.50.